The SMILES string of the molecule is CNC(=O)c1cc(C(=O)NC)cc(-c2ccc(CC(O)C3(O)C(O)C(O)C3CO)c(F)c2)c1. The summed E-state index contributed by atoms with van der Waals surface area (Å²) in [5, 5.41) is 54.9. The van der Waals surface area contributed by atoms with Crippen LogP contribution in [0.2, 0.25) is 0 Å². The maximum Gasteiger partial charge on any atom is 0.251 e. The molecule has 178 valence electrons. The largest absolute Gasteiger partial charge is 0.396 e. The van der Waals surface area contributed by atoms with E-state index in [-0.39, 0.29) is 23.1 Å². The lowest BCUT2D eigenvalue weighted by molar-refractivity contribution is -0.300. The summed E-state index contributed by atoms with van der Waals surface area (Å²) in [6, 6.07) is 8.50. The molecular weight excluding hydrogens is 435 g/mol. The number of halogens is 1. The highest BCUT2D eigenvalue weighted by Crippen LogP contribution is 2.42. The van der Waals surface area contributed by atoms with Gasteiger partial charge in [0.25, 0.3) is 11.8 Å². The van der Waals surface area contributed by atoms with Crippen molar-refractivity contribution >= 4 is 11.8 Å². The third-order valence-electron chi connectivity index (χ3n) is 6.25. The number of aliphatic hydroxyl groups excluding tert-OH is 4. The Labute approximate surface area is 189 Å². The summed E-state index contributed by atoms with van der Waals surface area (Å²) in [5.41, 5.74) is -0.945. The number of hydrogen-bond donors (Lipinski definition) is 7. The Hall–Kier alpha value is -2.89. The predicted molar refractivity (Wildman–Crippen MR) is 116 cm³/mol. The summed E-state index contributed by atoms with van der Waals surface area (Å²) < 4.78 is 14.9. The third kappa shape index (κ3) is 4.35. The van der Waals surface area contributed by atoms with Crippen LogP contribution in [0, 0.1) is 11.7 Å². The number of carbonyl (C=O) groups excluding carboxylic acids is 2. The highest BCUT2D eigenvalue weighted by molar-refractivity contribution is 6.01. The molecule has 2 amide bonds. The Kier molecular flexibility index (Phi) is 7.15. The number of rotatable bonds is 7. The van der Waals surface area contributed by atoms with Crippen molar-refractivity contribution in [1.82, 2.24) is 10.6 Å². The normalized spacial score (nSPS) is 25.2. The van der Waals surface area contributed by atoms with Crippen LogP contribution in [0.1, 0.15) is 26.3 Å². The van der Waals surface area contributed by atoms with Gasteiger partial charge in [0.1, 0.15) is 17.5 Å². The van der Waals surface area contributed by atoms with E-state index in [2.05, 4.69) is 10.6 Å². The van der Waals surface area contributed by atoms with Crippen LogP contribution in [-0.4, -0.2) is 82.0 Å². The van der Waals surface area contributed by atoms with Crippen LogP contribution in [0.5, 0.6) is 0 Å². The number of nitrogens with one attached hydrogen (secondary N) is 2. The van der Waals surface area contributed by atoms with Crippen molar-refractivity contribution in [2.75, 3.05) is 20.7 Å². The van der Waals surface area contributed by atoms with Crippen LogP contribution in [0.25, 0.3) is 11.1 Å². The number of carbonyl (C=O) groups is 2. The molecule has 2 aromatic rings. The van der Waals surface area contributed by atoms with Crippen molar-refractivity contribution < 1.29 is 39.5 Å². The first-order valence-electron chi connectivity index (χ1n) is 10.3. The fraction of sp³-hybridized carbons (Fsp3) is 0.391. The summed E-state index contributed by atoms with van der Waals surface area (Å²) in [7, 11) is 2.89. The number of amides is 2. The molecule has 1 aliphatic carbocycles. The van der Waals surface area contributed by atoms with Gasteiger partial charge in [-0.15, -0.1) is 0 Å². The first kappa shape index (κ1) is 24.7. The molecular formula is C23H27FN2O7. The lowest BCUT2D eigenvalue weighted by Crippen LogP contribution is -2.75. The van der Waals surface area contributed by atoms with Gasteiger partial charge in [0.05, 0.1) is 18.8 Å². The van der Waals surface area contributed by atoms with Crippen LogP contribution >= 0.6 is 0 Å². The van der Waals surface area contributed by atoms with E-state index in [1.54, 1.807) is 0 Å². The number of benzene rings is 2. The van der Waals surface area contributed by atoms with Gasteiger partial charge in [0.2, 0.25) is 0 Å². The summed E-state index contributed by atoms with van der Waals surface area (Å²) in [6.07, 6.45) is -5.11. The zero-order valence-electron chi connectivity index (χ0n) is 18.1. The van der Waals surface area contributed by atoms with Crippen LogP contribution in [0.3, 0.4) is 0 Å². The van der Waals surface area contributed by atoms with Crippen molar-refractivity contribution in [3.05, 3.63) is 58.9 Å². The second-order valence-electron chi connectivity index (χ2n) is 8.10. The van der Waals surface area contributed by atoms with E-state index < -0.39 is 54.1 Å². The fourth-order valence-electron chi connectivity index (χ4n) is 4.18. The van der Waals surface area contributed by atoms with E-state index in [4.69, 9.17) is 0 Å². The number of hydrogen-bond acceptors (Lipinski definition) is 7. The third-order valence-corrected chi connectivity index (χ3v) is 6.25. The lowest BCUT2D eigenvalue weighted by atomic mass is 9.61. The lowest BCUT2D eigenvalue weighted by Gasteiger charge is -2.55. The van der Waals surface area contributed by atoms with Crippen LogP contribution in [-0.2, 0) is 6.42 Å². The highest BCUT2D eigenvalue weighted by atomic mass is 19.1. The Balaban J connectivity index is 1.91. The van der Waals surface area contributed by atoms with Crippen LogP contribution in [0.15, 0.2) is 36.4 Å². The molecule has 0 aliphatic heterocycles. The zero-order valence-corrected chi connectivity index (χ0v) is 18.1. The molecule has 0 saturated heterocycles. The van der Waals surface area contributed by atoms with Crippen molar-refractivity contribution in [2.24, 2.45) is 5.92 Å². The summed E-state index contributed by atoms with van der Waals surface area (Å²) >= 11 is 0. The minimum Gasteiger partial charge on any atom is -0.396 e. The smallest absolute Gasteiger partial charge is 0.251 e. The molecule has 7 N–H and O–H groups in total. The molecule has 10 heteroatoms. The quantitative estimate of drug-likeness (QED) is 0.283. The van der Waals surface area contributed by atoms with Crippen molar-refractivity contribution in [1.29, 1.82) is 0 Å². The van der Waals surface area contributed by atoms with Crippen LogP contribution < -0.4 is 10.6 Å². The molecule has 5 unspecified atom stereocenters. The van der Waals surface area contributed by atoms with Gasteiger partial charge in [-0.1, -0.05) is 12.1 Å². The Morgan fingerprint density at radius 2 is 1.61 bits per heavy atom. The molecule has 2 aromatic carbocycles. The van der Waals surface area contributed by atoms with Crippen LogP contribution in [0.4, 0.5) is 4.39 Å². The van der Waals surface area contributed by atoms with E-state index >= 15 is 0 Å². The second kappa shape index (κ2) is 9.54. The molecule has 0 bridgehead atoms. The van der Waals surface area contributed by atoms with Gasteiger partial charge >= 0.3 is 0 Å². The van der Waals surface area contributed by atoms with E-state index in [0.29, 0.717) is 11.1 Å². The minimum absolute atomic E-state index is 0.0268. The van der Waals surface area contributed by atoms with Gasteiger partial charge in [-0.2, -0.15) is 0 Å². The molecule has 0 spiro atoms. The van der Waals surface area contributed by atoms with Crippen molar-refractivity contribution in [3.63, 3.8) is 0 Å². The monoisotopic (exact) mass is 462 g/mol. The fourth-order valence-corrected chi connectivity index (χ4v) is 4.18. The average molecular weight is 462 g/mol. The predicted octanol–water partition coefficient (Wildman–Crippen LogP) is -0.810. The Morgan fingerprint density at radius 1 is 1.03 bits per heavy atom. The van der Waals surface area contributed by atoms with Gasteiger partial charge in [-0.3, -0.25) is 9.59 Å². The molecule has 9 nitrogen and oxygen atoms in total. The molecule has 3 rings (SSSR count). The van der Waals surface area contributed by atoms with E-state index in [1.807, 2.05) is 0 Å². The standard InChI is InChI=1S/C23H27FN2O7/c1-25-21(31)14-5-13(6-15(7-14)22(32)26-2)11-3-4-12(17(24)8-11)9-18(28)23(33)16(10-27)19(29)20(23)30/h3-8,16,18-20,27-30,33H,9-10H2,1-2H3,(H,25,31)(H,26,32). The minimum atomic E-state index is -2.18. The number of aliphatic hydroxyl groups is 5. The zero-order chi connectivity index (χ0) is 24.5. The van der Waals surface area contributed by atoms with Gasteiger partial charge in [0, 0.05) is 37.6 Å². The summed E-state index contributed by atoms with van der Waals surface area (Å²) in [4.78, 5) is 24.2. The molecule has 0 heterocycles. The first-order valence-corrected chi connectivity index (χ1v) is 10.3. The molecule has 0 aromatic heterocycles. The van der Waals surface area contributed by atoms with E-state index in [1.165, 1.54) is 44.4 Å². The molecule has 33 heavy (non-hydrogen) atoms. The van der Waals surface area contributed by atoms with Crippen molar-refractivity contribution in [2.45, 2.75) is 30.3 Å². The Morgan fingerprint density at radius 3 is 2.09 bits per heavy atom. The molecule has 1 aliphatic rings. The maximum absolute atomic E-state index is 14.9. The average Bonchev–Trinajstić information content (AvgIpc) is 2.83. The summed E-state index contributed by atoms with van der Waals surface area (Å²) in [6.45, 7) is -0.664. The van der Waals surface area contributed by atoms with Gasteiger partial charge in [0.15, 0.2) is 0 Å². The molecule has 5 atom stereocenters. The Bertz CT molecular complexity index is 1030. The van der Waals surface area contributed by atoms with Crippen molar-refractivity contribution in [3.8, 4) is 11.1 Å². The summed E-state index contributed by atoms with van der Waals surface area (Å²) in [5.74, 6) is -2.73. The second-order valence-corrected chi connectivity index (χ2v) is 8.10. The van der Waals surface area contributed by atoms with Gasteiger partial charge < -0.3 is 36.2 Å². The maximum atomic E-state index is 14.9. The molecule has 1 saturated carbocycles. The van der Waals surface area contributed by atoms with Gasteiger partial charge in [-0.25, -0.2) is 4.39 Å². The molecule has 0 radical (unpaired) electrons. The topological polar surface area (TPSA) is 159 Å². The van der Waals surface area contributed by atoms with Gasteiger partial charge in [-0.05, 0) is 41.0 Å². The highest BCUT2D eigenvalue weighted by Gasteiger charge is 2.64. The van der Waals surface area contributed by atoms with E-state index in [9.17, 15) is 39.5 Å². The molecule has 1 fully saturated rings. The van der Waals surface area contributed by atoms with E-state index in [0.717, 1.165) is 6.07 Å². The first-order chi connectivity index (χ1) is 15.6.